The van der Waals surface area contributed by atoms with Crippen molar-refractivity contribution < 1.29 is 28.6 Å². The maximum atomic E-state index is 12.9. The Bertz CT molecular complexity index is 1590. The van der Waals surface area contributed by atoms with E-state index in [2.05, 4.69) is 142 Å². The molecule has 0 heterocycles. The summed E-state index contributed by atoms with van der Waals surface area (Å²) in [6.45, 7) is 6.46. The number of allylic oxidation sites excluding steroid dienone is 20. The van der Waals surface area contributed by atoms with Gasteiger partial charge in [0.25, 0.3) is 0 Å². The summed E-state index contributed by atoms with van der Waals surface area (Å²) in [6.07, 6.45) is 87.7. The molecule has 0 aliphatic carbocycles. The number of unbranched alkanes of at least 4 members (excludes halogenated alkanes) is 25. The molecule has 0 radical (unpaired) electrons. The Labute approximate surface area is 469 Å². The van der Waals surface area contributed by atoms with E-state index < -0.39 is 6.10 Å². The Balaban J connectivity index is 4.51. The van der Waals surface area contributed by atoms with Crippen molar-refractivity contribution in [3.63, 3.8) is 0 Å². The highest BCUT2D eigenvalue weighted by Gasteiger charge is 2.19. The molecule has 0 saturated heterocycles. The van der Waals surface area contributed by atoms with Crippen LogP contribution in [0.4, 0.5) is 0 Å². The van der Waals surface area contributed by atoms with Crippen LogP contribution >= 0.6 is 0 Å². The van der Waals surface area contributed by atoms with Crippen LogP contribution in [0.3, 0.4) is 0 Å². The van der Waals surface area contributed by atoms with Crippen LogP contribution in [0.2, 0.25) is 0 Å². The monoisotopic (exact) mass is 1050 g/mol. The highest BCUT2D eigenvalue weighted by atomic mass is 16.6. The van der Waals surface area contributed by atoms with Gasteiger partial charge >= 0.3 is 17.9 Å². The van der Waals surface area contributed by atoms with E-state index in [1.807, 2.05) is 0 Å². The minimum absolute atomic E-state index is 0.104. The maximum Gasteiger partial charge on any atom is 0.306 e. The van der Waals surface area contributed by atoms with Gasteiger partial charge in [-0.25, -0.2) is 0 Å². The normalized spacial score (nSPS) is 12.9. The van der Waals surface area contributed by atoms with Gasteiger partial charge in [-0.3, -0.25) is 14.4 Å². The molecule has 0 aromatic carbocycles. The Hall–Kier alpha value is -4.19. The van der Waals surface area contributed by atoms with Crippen molar-refractivity contribution in [1.82, 2.24) is 0 Å². The van der Waals surface area contributed by atoms with Gasteiger partial charge in [0.15, 0.2) is 6.10 Å². The first-order valence-electron chi connectivity index (χ1n) is 31.5. The van der Waals surface area contributed by atoms with Gasteiger partial charge in [-0.15, -0.1) is 0 Å². The Morgan fingerprint density at radius 3 is 0.882 bits per heavy atom. The molecule has 0 aliphatic heterocycles. The second kappa shape index (κ2) is 63.3. The standard InChI is InChI=1S/C70H116O6/c1-4-7-10-13-16-19-22-25-28-31-33-34-35-36-37-40-42-45-48-51-54-57-60-63-69(72)75-66-67(65-74-68(71)62-59-56-53-50-47-44-41-38-30-27-24-21-18-15-12-9-6-3)76-70(73)64-61-58-55-52-49-46-43-39-32-29-26-23-20-17-14-11-8-5-2/h7,10,16,19-20,23,25,27-30,32-34,36-37,42,45,51,54,67H,4-6,8-9,11-15,17-18,21-22,24,26,31,35,38-41,43-44,46-50,52-53,55-66H2,1-3H3/b10-7-,19-16-,23-20-,28-25-,30-27-,32-29-,34-33-,37-36-,45-42-,54-51-. The molecule has 0 fully saturated rings. The van der Waals surface area contributed by atoms with E-state index in [4.69, 9.17) is 14.2 Å². The highest BCUT2D eigenvalue weighted by molar-refractivity contribution is 5.71. The predicted molar refractivity (Wildman–Crippen MR) is 330 cm³/mol. The van der Waals surface area contributed by atoms with Crippen molar-refractivity contribution in [2.75, 3.05) is 13.2 Å². The molecule has 0 spiro atoms. The van der Waals surface area contributed by atoms with Crippen molar-refractivity contribution in [2.24, 2.45) is 0 Å². The number of rotatable bonds is 56. The zero-order valence-corrected chi connectivity index (χ0v) is 49.5. The molecule has 76 heavy (non-hydrogen) atoms. The summed E-state index contributed by atoms with van der Waals surface area (Å²) in [5.41, 5.74) is 0. The Kier molecular flexibility index (Phi) is 59.9. The molecular weight excluding hydrogens is 937 g/mol. The quantitative estimate of drug-likeness (QED) is 0.0261. The number of hydrogen-bond acceptors (Lipinski definition) is 6. The molecule has 1 unspecified atom stereocenters. The van der Waals surface area contributed by atoms with E-state index in [9.17, 15) is 14.4 Å². The van der Waals surface area contributed by atoms with Crippen molar-refractivity contribution >= 4 is 17.9 Å². The van der Waals surface area contributed by atoms with Crippen molar-refractivity contribution in [2.45, 2.75) is 290 Å². The maximum absolute atomic E-state index is 12.9. The molecule has 0 rings (SSSR count). The number of carbonyl (C=O) groups excluding carboxylic acids is 3. The zero-order valence-electron chi connectivity index (χ0n) is 49.5. The lowest BCUT2D eigenvalue weighted by Gasteiger charge is -2.18. The molecule has 0 saturated carbocycles. The van der Waals surface area contributed by atoms with Gasteiger partial charge in [-0.2, -0.15) is 0 Å². The van der Waals surface area contributed by atoms with Crippen molar-refractivity contribution in [1.29, 1.82) is 0 Å². The first-order valence-corrected chi connectivity index (χ1v) is 31.5. The third kappa shape index (κ3) is 60.7. The fourth-order valence-corrected chi connectivity index (χ4v) is 8.46. The summed E-state index contributed by atoms with van der Waals surface area (Å²) < 4.78 is 16.9. The van der Waals surface area contributed by atoms with Gasteiger partial charge in [0.2, 0.25) is 0 Å². The third-order valence-corrected chi connectivity index (χ3v) is 13.2. The van der Waals surface area contributed by atoms with E-state index in [1.165, 1.54) is 135 Å². The smallest absolute Gasteiger partial charge is 0.306 e. The Morgan fingerprint density at radius 2 is 0.526 bits per heavy atom. The largest absolute Gasteiger partial charge is 0.462 e. The van der Waals surface area contributed by atoms with Crippen molar-refractivity contribution in [3.05, 3.63) is 122 Å². The predicted octanol–water partition coefficient (Wildman–Crippen LogP) is 21.6. The van der Waals surface area contributed by atoms with Crippen molar-refractivity contribution in [3.8, 4) is 0 Å². The van der Waals surface area contributed by atoms with E-state index in [0.717, 1.165) is 103 Å². The van der Waals surface area contributed by atoms with Gasteiger partial charge < -0.3 is 14.2 Å². The minimum atomic E-state index is -0.812. The summed E-state index contributed by atoms with van der Waals surface area (Å²) >= 11 is 0. The summed E-state index contributed by atoms with van der Waals surface area (Å²) in [5, 5.41) is 0. The van der Waals surface area contributed by atoms with Gasteiger partial charge in [0.05, 0.1) is 0 Å². The number of carbonyl (C=O) groups is 3. The SMILES string of the molecule is CC/C=C\C/C=C\C/C=C\C/C=C\C/C=C\C/C=C\C/C=C\CCCC(=O)OCC(COC(=O)CCCCCCCCC/C=C\CCCCCCCC)OC(=O)CCCCCCCCC/C=C\C/C=C\CCCCCC. The number of esters is 3. The molecule has 0 bridgehead atoms. The summed E-state index contributed by atoms with van der Waals surface area (Å²) in [7, 11) is 0. The lowest BCUT2D eigenvalue weighted by molar-refractivity contribution is -0.167. The molecule has 1 atom stereocenters. The lowest BCUT2D eigenvalue weighted by atomic mass is 10.1. The van der Waals surface area contributed by atoms with Crippen LogP contribution in [0, 0.1) is 0 Å². The fraction of sp³-hybridized carbons (Fsp3) is 0.671. The Morgan fingerprint density at radius 1 is 0.276 bits per heavy atom. The van der Waals surface area contributed by atoms with E-state index in [0.29, 0.717) is 19.3 Å². The van der Waals surface area contributed by atoms with Gasteiger partial charge in [0.1, 0.15) is 13.2 Å². The molecule has 0 aromatic heterocycles. The lowest BCUT2D eigenvalue weighted by Crippen LogP contribution is -2.30. The third-order valence-electron chi connectivity index (χ3n) is 13.2. The highest BCUT2D eigenvalue weighted by Crippen LogP contribution is 2.15. The van der Waals surface area contributed by atoms with Crippen LogP contribution in [0.5, 0.6) is 0 Å². The number of hydrogen-bond donors (Lipinski definition) is 0. The molecule has 432 valence electrons. The van der Waals surface area contributed by atoms with Crippen LogP contribution in [-0.2, 0) is 28.6 Å². The minimum Gasteiger partial charge on any atom is -0.462 e. The average Bonchev–Trinajstić information content (AvgIpc) is 3.42. The van der Waals surface area contributed by atoms with Gasteiger partial charge in [-0.1, -0.05) is 258 Å². The molecule has 0 N–H and O–H groups in total. The second-order valence-corrected chi connectivity index (χ2v) is 20.6. The molecular formula is C70H116O6. The van der Waals surface area contributed by atoms with Gasteiger partial charge in [-0.05, 0) is 128 Å². The molecule has 6 heteroatoms. The summed E-state index contributed by atoms with van der Waals surface area (Å²) in [4.78, 5) is 38.3. The average molecular weight is 1050 g/mol. The van der Waals surface area contributed by atoms with Crippen LogP contribution in [-0.4, -0.2) is 37.2 Å². The van der Waals surface area contributed by atoms with Crippen LogP contribution in [0.1, 0.15) is 284 Å². The van der Waals surface area contributed by atoms with Crippen LogP contribution in [0.15, 0.2) is 122 Å². The first kappa shape index (κ1) is 71.8. The fourth-order valence-electron chi connectivity index (χ4n) is 8.46. The van der Waals surface area contributed by atoms with Crippen LogP contribution < -0.4 is 0 Å². The zero-order chi connectivity index (χ0) is 55.0. The molecule has 6 nitrogen and oxygen atoms in total. The summed E-state index contributed by atoms with van der Waals surface area (Å²) in [6, 6.07) is 0. The van der Waals surface area contributed by atoms with Gasteiger partial charge in [0, 0.05) is 19.3 Å². The number of ether oxygens (including phenoxy) is 3. The van der Waals surface area contributed by atoms with Crippen LogP contribution in [0.25, 0.3) is 0 Å². The van der Waals surface area contributed by atoms with E-state index in [1.54, 1.807) is 0 Å². The second-order valence-electron chi connectivity index (χ2n) is 20.6. The molecule has 0 aliphatic rings. The summed E-state index contributed by atoms with van der Waals surface area (Å²) in [5.74, 6) is -0.974. The van der Waals surface area contributed by atoms with E-state index in [-0.39, 0.29) is 37.5 Å². The molecule has 0 amide bonds. The first-order chi connectivity index (χ1) is 37.5. The van der Waals surface area contributed by atoms with E-state index >= 15 is 0 Å². The topological polar surface area (TPSA) is 78.9 Å². The molecule has 0 aromatic rings.